The molecule has 4 aliphatic rings. The number of hydrogen-bond acceptors (Lipinski definition) is 3. The molecule has 0 unspecified atom stereocenters. The monoisotopic (exact) mass is 453 g/mol. The number of halogens is 3. The summed E-state index contributed by atoms with van der Waals surface area (Å²) < 4.78 is 44.4. The lowest BCUT2D eigenvalue weighted by Crippen LogP contribution is -2.61. The highest BCUT2D eigenvalue weighted by Crippen LogP contribution is 2.55. The van der Waals surface area contributed by atoms with Crippen LogP contribution < -0.4 is 20.7 Å². The molecule has 9 heteroatoms. The van der Waals surface area contributed by atoms with E-state index in [1.165, 1.54) is 25.3 Å². The van der Waals surface area contributed by atoms with E-state index in [1.807, 2.05) is 0 Å². The first-order valence-electron chi connectivity index (χ1n) is 11.4. The molecule has 4 saturated carbocycles. The molecule has 0 atom stereocenters. The van der Waals surface area contributed by atoms with Crippen molar-refractivity contribution in [2.75, 3.05) is 18.5 Å². The first-order chi connectivity index (χ1) is 15.2. The second-order valence-corrected chi connectivity index (χ2v) is 9.52. The van der Waals surface area contributed by atoms with Gasteiger partial charge in [0.05, 0.1) is 17.9 Å². The largest absolute Gasteiger partial charge is 0.492 e. The van der Waals surface area contributed by atoms with Crippen molar-refractivity contribution in [3.05, 3.63) is 23.8 Å². The van der Waals surface area contributed by atoms with Crippen LogP contribution in [0.3, 0.4) is 0 Å². The summed E-state index contributed by atoms with van der Waals surface area (Å²) in [5, 5.41) is 8.37. The van der Waals surface area contributed by atoms with Crippen LogP contribution in [-0.2, 0) is 11.0 Å². The summed E-state index contributed by atoms with van der Waals surface area (Å²) in [5.41, 5.74) is -1.03. The summed E-state index contributed by atoms with van der Waals surface area (Å²) in [7, 11) is 0. The maximum absolute atomic E-state index is 13.0. The van der Waals surface area contributed by atoms with Crippen molar-refractivity contribution < 1.29 is 27.5 Å². The number of nitrogens with one attached hydrogen (secondary N) is 3. The SMILES string of the molecule is CCOc1ccc(C(F)(F)F)cc1NC(=O)CCNC(=O)NC12CC3CC(CC(C3)C1)C2. The van der Waals surface area contributed by atoms with Crippen molar-refractivity contribution in [3.63, 3.8) is 0 Å². The summed E-state index contributed by atoms with van der Waals surface area (Å²) >= 11 is 0. The van der Waals surface area contributed by atoms with E-state index in [-0.39, 0.29) is 42.6 Å². The fraction of sp³-hybridized carbons (Fsp3) is 0.652. The number of benzene rings is 1. The molecule has 4 aliphatic carbocycles. The van der Waals surface area contributed by atoms with Gasteiger partial charge in [-0.1, -0.05) is 0 Å². The van der Waals surface area contributed by atoms with Crippen molar-refractivity contribution in [3.8, 4) is 5.75 Å². The Hall–Kier alpha value is -2.45. The number of ether oxygens (including phenoxy) is 1. The Labute approximate surface area is 185 Å². The van der Waals surface area contributed by atoms with E-state index in [4.69, 9.17) is 4.74 Å². The molecular formula is C23H30F3N3O3. The Kier molecular flexibility index (Phi) is 6.27. The van der Waals surface area contributed by atoms with Gasteiger partial charge in [-0.3, -0.25) is 4.79 Å². The molecule has 32 heavy (non-hydrogen) atoms. The van der Waals surface area contributed by atoms with Crippen LogP contribution in [0.4, 0.5) is 23.7 Å². The highest BCUT2D eigenvalue weighted by molar-refractivity contribution is 5.92. The van der Waals surface area contributed by atoms with E-state index < -0.39 is 17.6 Å². The summed E-state index contributed by atoms with van der Waals surface area (Å²) in [6.07, 6.45) is 2.34. The molecule has 176 valence electrons. The van der Waals surface area contributed by atoms with E-state index in [9.17, 15) is 22.8 Å². The van der Waals surface area contributed by atoms with Gasteiger partial charge in [0.15, 0.2) is 0 Å². The number of urea groups is 1. The Bertz CT molecular complexity index is 836. The number of rotatable bonds is 7. The Morgan fingerprint density at radius 1 is 1.09 bits per heavy atom. The van der Waals surface area contributed by atoms with Crippen LogP contribution in [0.15, 0.2) is 18.2 Å². The van der Waals surface area contributed by atoms with E-state index >= 15 is 0 Å². The van der Waals surface area contributed by atoms with Crippen molar-refractivity contribution in [2.45, 2.75) is 63.6 Å². The van der Waals surface area contributed by atoms with Crippen LogP contribution in [-0.4, -0.2) is 30.6 Å². The van der Waals surface area contributed by atoms with Crippen LogP contribution in [0, 0.1) is 17.8 Å². The zero-order valence-corrected chi connectivity index (χ0v) is 18.2. The van der Waals surface area contributed by atoms with Crippen LogP contribution in [0.2, 0.25) is 0 Å². The standard InChI is InChI=1S/C23H30F3N3O3/c1-2-32-19-4-3-17(23(24,25)26)10-18(19)28-20(30)5-6-27-21(31)29-22-11-14-7-15(12-22)9-16(8-14)13-22/h3-4,10,14-16H,2,5-9,11-13H2,1H3,(H,28,30)(H2,27,29,31). The number of carbonyl (C=O) groups excluding carboxylic acids is 2. The summed E-state index contributed by atoms with van der Waals surface area (Å²) in [6, 6.07) is 2.68. The molecule has 3 N–H and O–H groups in total. The molecule has 1 aromatic carbocycles. The molecule has 0 aromatic heterocycles. The normalized spacial score (nSPS) is 28.3. The summed E-state index contributed by atoms with van der Waals surface area (Å²) in [4.78, 5) is 24.8. The van der Waals surface area contributed by atoms with Gasteiger partial charge in [0.1, 0.15) is 5.75 Å². The minimum Gasteiger partial charge on any atom is -0.492 e. The third-order valence-corrected chi connectivity index (χ3v) is 6.94. The zero-order chi connectivity index (χ0) is 22.9. The van der Waals surface area contributed by atoms with Gasteiger partial charge in [0, 0.05) is 18.5 Å². The third kappa shape index (κ3) is 5.13. The van der Waals surface area contributed by atoms with Crippen LogP contribution in [0.5, 0.6) is 5.75 Å². The van der Waals surface area contributed by atoms with Gasteiger partial charge < -0.3 is 20.7 Å². The minimum atomic E-state index is -4.53. The molecule has 1 aromatic rings. The van der Waals surface area contributed by atoms with Gasteiger partial charge in [-0.2, -0.15) is 13.2 Å². The van der Waals surface area contributed by atoms with Crippen molar-refractivity contribution >= 4 is 17.6 Å². The molecule has 4 fully saturated rings. The minimum absolute atomic E-state index is 0.0373. The number of amides is 3. The van der Waals surface area contributed by atoms with Gasteiger partial charge in [0.25, 0.3) is 0 Å². The smallest absolute Gasteiger partial charge is 0.416 e. The van der Waals surface area contributed by atoms with E-state index in [0.29, 0.717) is 17.8 Å². The molecule has 3 amide bonds. The molecule has 5 rings (SSSR count). The fourth-order valence-corrected chi connectivity index (χ4v) is 6.14. The van der Waals surface area contributed by atoms with Crippen LogP contribution >= 0.6 is 0 Å². The highest BCUT2D eigenvalue weighted by atomic mass is 19.4. The molecule has 0 aliphatic heterocycles. The lowest BCUT2D eigenvalue weighted by molar-refractivity contribution is -0.137. The van der Waals surface area contributed by atoms with Crippen molar-refractivity contribution in [2.24, 2.45) is 17.8 Å². The lowest BCUT2D eigenvalue weighted by atomic mass is 9.53. The second kappa shape index (κ2) is 8.83. The molecule has 0 saturated heterocycles. The first-order valence-corrected chi connectivity index (χ1v) is 11.4. The molecule has 0 spiro atoms. The molecular weight excluding hydrogens is 423 g/mol. The predicted octanol–water partition coefficient (Wildman–Crippen LogP) is 4.70. The number of hydrogen-bond donors (Lipinski definition) is 3. The number of anilines is 1. The van der Waals surface area contributed by atoms with E-state index in [2.05, 4.69) is 16.0 Å². The molecule has 0 radical (unpaired) electrons. The first kappa shape index (κ1) is 22.7. The third-order valence-electron chi connectivity index (χ3n) is 6.94. The fourth-order valence-electron chi connectivity index (χ4n) is 6.14. The Balaban J connectivity index is 1.28. The molecule has 0 heterocycles. The maximum atomic E-state index is 13.0. The van der Waals surface area contributed by atoms with Crippen LogP contribution in [0.1, 0.15) is 57.4 Å². The summed E-state index contributed by atoms with van der Waals surface area (Å²) in [6.45, 7) is 2.04. The Morgan fingerprint density at radius 2 is 1.72 bits per heavy atom. The number of carbonyl (C=O) groups is 2. The predicted molar refractivity (Wildman–Crippen MR) is 113 cm³/mol. The molecule has 4 bridgehead atoms. The topological polar surface area (TPSA) is 79.5 Å². The van der Waals surface area contributed by atoms with Crippen molar-refractivity contribution in [1.82, 2.24) is 10.6 Å². The second-order valence-electron chi connectivity index (χ2n) is 9.52. The van der Waals surface area contributed by atoms with Gasteiger partial charge in [-0.05, 0) is 81.4 Å². The zero-order valence-electron chi connectivity index (χ0n) is 18.2. The van der Waals surface area contributed by atoms with Gasteiger partial charge in [-0.25, -0.2) is 4.79 Å². The lowest BCUT2D eigenvalue weighted by Gasteiger charge is -2.56. The Morgan fingerprint density at radius 3 is 2.28 bits per heavy atom. The summed E-state index contributed by atoms with van der Waals surface area (Å²) in [5.74, 6) is 1.79. The maximum Gasteiger partial charge on any atom is 0.416 e. The van der Waals surface area contributed by atoms with Crippen LogP contribution in [0.25, 0.3) is 0 Å². The average Bonchev–Trinajstić information content (AvgIpc) is 2.67. The van der Waals surface area contributed by atoms with E-state index in [0.717, 1.165) is 31.4 Å². The van der Waals surface area contributed by atoms with Crippen molar-refractivity contribution in [1.29, 1.82) is 0 Å². The van der Waals surface area contributed by atoms with Gasteiger partial charge in [-0.15, -0.1) is 0 Å². The quantitative estimate of drug-likeness (QED) is 0.560. The van der Waals surface area contributed by atoms with Gasteiger partial charge >= 0.3 is 12.2 Å². The number of alkyl halides is 3. The average molecular weight is 454 g/mol. The van der Waals surface area contributed by atoms with E-state index in [1.54, 1.807) is 6.92 Å². The molecule has 6 nitrogen and oxygen atoms in total. The van der Waals surface area contributed by atoms with Gasteiger partial charge in [0.2, 0.25) is 5.91 Å². The highest BCUT2D eigenvalue weighted by Gasteiger charge is 2.51.